The van der Waals surface area contributed by atoms with E-state index >= 15 is 0 Å². The summed E-state index contributed by atoms with van der Waals surface area (Å²) in [4.78, 5) is 42.2. The molecule has 0 bridgehead atoms. The number of carbonyl (C=O) groups is 3. The summed E-state index contributed by atoms with van der Waals surface area (Å²) < 4.78 is 4.88. The molecule has 6 heteroatoms. The van der Waals surface area contributed by atoms with Gasteiger partial charge in [0.05, 0.1) is 24.8 Å². The highest BCUT2D eigenvalue weighted by Gasteiger charge is 2.36. The van der Waals surface area contributed by atoms with Gasteiger partial charge in [-0.2, -0.15) is 0 Å². The number of nitrogens with one attached hydrogen (secondary N) is 1. The van der Waals surface area contributed by atoms with Crippen molar-refractivity contribution in [1.29, 1.82) is 0 Å². The molecule has 0 radical (unpaired) electrons. The van der Waals surface area contributed by atoms with Crippen molar-refractivity contribution >= 4 is 17.7 Å². The molecule has 2 aliphatic rings. The molecule has 1 aromatic rings. The highest BCUT2D eigenvalue weighted by Crippen LogP contribution is 2.34. The van der Waals surface area contributed by atoms with Crippen LogP contribution in [-0.4, -0.2) is 47.2 Å². The van der Waals surface area contributed by atoms with Crippen molar-refractivity contribution in [2.75, 3.05) is 13.7 Å². The van der Waals surface area contributed by atoms with E-state index in [1.165, 1.54) is 46.1 Å². The molecule has 1 aromatic heterocycles. The number of H-pyrrole nitrogens is 1. The number of ketones is 1. The molecule has 2 fully saturated rings. The number of amides is 1. The predicted molar refractivity (Wildman–Crippen MR) is 102 cm³/mol. The molecule has 1 N–H and O–H groups in total. The first-order chi connectivity index (χ1) is 12.9. The average molecular weight is 374 g/mol. The van der Waals surface area contributed by atoms with Crippen molar-refractivity contribution in [3.05, 3.63) is 22.5 Å². The molecule has 27 heavy (non-hydrogen) atoms. The first kappa shape index (κ1) is 19.6. The molecule has 1 unspecified atom stereocenters. The number of aromatic nitrogens is 1. The fourth-order valence-electron chi connectivity index (χ4n) is 4.89. The molecule has 1 aliphatic heterocycles. The van der Waals surface area contributed by atoms with Crippen LogP contribution in [0.5, 0.6) is 0 Å². The van der Waals surface area contributed by atoms with E-state index < -0.39 is 5.97 Å². The Labute approximate surface area is 160 Å². The second-order valence-electron chi connectivity index (χ2n) is 7.90. The van der Waals surface area contributed by atoms with E-state index in [4.69, 9.17) is 4.74 Å². The van der Waals surface area contributed by atoms with Crippen LogP contribution in [0.1, 0.15) is 84.0 Å². The fraction of sp³-hybridized carbons (Fsp3) is 0.667. The van der Waals surface area contributed by atoms with Crippen molar-refractivity contribution in [2.45, 2.75) is 71.3 Å². The lowest BCUT2D eigenvalue weighted by Gasteiger charge is -2.34. The number of hydrogen-bond acceptors (Lipinski definition) is 4. The minimum atomic E-state index is -0.510. The van der Waals surface area contributed by atoms with Crippen LogP contribution >= 0.6 is 0 Å². The monoisotopic (exact) mass is 374 g/mol. The zero-order valence-corrected chi connectivity index (χ0v) is 16.6. The number of Topliss-reactive ketones (excluding diaryl/α,β-unsaturated/α-hetero) is 1. The van der Waals surface area contributed by atoms with Crippen LogP contribution in [-0.2, 0) is 16.0 Å². The molecule has 0 spiro atoms. The lowest BCUT2D eigenvalue weighted by molar-refractivity contribution is -0.132. The first-order valence-electron chi connectivity index (χ1n) is 10.0. The van der Waals surface area contributed by atoms with E-state index in [1.807, 2.05) is 4.90 Å². The third-order valence-electron chi connectivity index (χ3n) is 6.21. The fourth-order valence-corrected chi connectivity index (χ4v) is 4.89. The van der Waals surface area contributed by atoms with Crippen LogP contribution in [0.15, 0.2) is 0 Å². The Morgan fingerprint density at radius 2 is 1.81 bits per heavy atom. The van der Waals surface area contributed by atoms with Gasteiger partial charge in [-0.3, -0.25) is 9.59 Å². The van der Waals surface area contributed by atoms with Crippen LogP contribution in [0.25, 0.3) is 0 Å². The van der Waals surface area contributed by atoms with Gasteiger partial charge in [-0.05, 0) is 44.1 Å². The molecule has 0 aromatic carbocycles. The normalized spacial score (nSPS) is 20.7. The third-order valence-corrected chi connectivity index (χ3v) is 6.21. The maximum absolute atomic E-state index is 13.1. The number of likely N-dealkylation sites (tertiary alicyclic amines) is 1. The minimum Gasteiger partial charge on any atom is -0.465 e. The van der Waals surface area contributed by atoms with Crippen molar-refractivity contribution in [3.63, 3.8) is 0 Å². The number of methoxy groups -OCH3 is 1. The maximum Gasteiger partial charge on any atom is 0.339 e. The number of hydrogen-bond donors (Lipinski definition) is 1. The Kier molecular flexibility index (Phi) is 6.02. The quantitative estimate of drug-likeness (QED) is 0.633. The Bertz CT molecular complexity index is 731. The van der Waals surface area contributed by atoms with Crippen LogP contribution in [0, 0.1) is 12.8 Å². The van der Waals surface area contributed by atoms with E-state index in [2.05, 4.69) is 4.98 Å². The molecular weight excluding hydrogens is 344 g/mol. The largest absolute Gasteiger partial charge is 0.465 e. The maximum atomic E-state index is 13.1. The molecule has 3 rings (SSSR count). The summed E-state index contributed by atoms with van der Waals surface area (Å²) in [5, 5.41) is 0. The summed E-state index contributed by atoms with van der Waals surface area (Å²) in [6.07, 6.45) is 8.44. The summed E-state index contributed by atoms with van der Waals surface area (Å²) >= 11 is 0. The van der Waals surface area contributed by atoms with Crippen molar-refractivity contribution in [3.8, 4) is 0 Å². The molecule has 1 amide bonds. The van der Waals surface area contributed by atoms with Crippen LogP contribution in [0.4, 0.5) is 0 Å². The summed E-state index contributed by atoms with van der Waals surface area (Å²) in [5.41, 5.74) is 1.75. The number of esters is 1. The highest BCUT2D eigenvalue weighted by atomic mass is 16.5. The van der Waals surface area contributed by atoms with Crippen LogP contribution in [0.3, 0.4) is 0 Å². The van der Waals surface area contributed by atoms with Gasteiger partial charge in [0.15, 0.2) is 5.78 Å². The predicted octanol–water partition coefficient (Wildman–Crippen LogP) is 3.43. The van der Waals surface area contributed by atoms with Gasteiger partial charge in [0.2, 0.25) is 5.91 Å². The SMILES string of the molecule is COC(=O)c1c(CC(=O)N2CCCC2C2CCCCC2)[nH]c(C(C)=O)c1C. The van der Waals surface area contributed by atoms with Gasteiger partial charge < -0.3 is 14.6 Å². The number of aromatic amines is 1. The highest BCUT2D eigenvalue weighted by molar-refractivity contribution is 6.01. The van der Waals surface area contributed by atoms with Crippen LogP contribution in [0.2, 0.25) is 0 Å². The van der Waals surface area contributed by atoms with E-state index in [1.54, 1.807) is 6.92 Å². The number of ether oxygens (including phenoxy) is 1. The average Bonchev–Trinajstić information content (AvgIpc) is 3.27. The zero-order valence-electron chi connectivity index (χ0n) is 16.6. The van der Waals surface area contributed by atoms with E-state index in [0.29, 0.717) is 34.5 Å². The summed E-state index contributed by atoms with van der Waals surface area (Å²) in [5.74, 6) is -0.0325. The van der Waals surface area contributed by atoms with E-state index in [9.17, 15) is 14.4 Å². The number of carbonyl (C=O) groups excluding carboxylic acids is 3. The number of nitrogens with zero attached hydrogens (tertiary/aromatic N) is 1. The second-order valence-corrected chi connectivity index (χ2v) is 7.90. The summed E-state index contributed by atoms with van der Waals surface area (Å²) in [6, 6.07) is 0.322. The second kappa shape index (κ2) is 8.28. The molecule has 1 saturated carbocycles. The lowest BCUT2D eigenvalue weighted by atomic mass is 9.83. The molecule has 148 valence electrons. The Balaban J connectivity index is 1.81. The first-order valence-corrected chi connectivity index (χ1v) is 10.0. The minimum absolute atomic E-state index is 0.0320. The van der Waals surface area contributed by atoms with Gasteiger partial charge in [0.25, 0.3) is 0 Å². The Morgan fingerprint density at radius 3 is 2.44 bits per heavy atom. The third kappa shape index (κ3) is 3.94. The topological polar surface area (TPSA) is 79.5 Å². The molecule has 1 atom stereocenters. The van der Waals surface area contributed by atoms with Gasteiger partial charge >= 0.3 is 5.97 Å². The molecule has 1 saturated heterocycles. The van der Waals surface area contributed by atoms with Gasteiger partial charge in [0, 0.05) is 25.2 Å². The van der Waals surface area contributed by atoms with Gasteiger partial charge in [-0.25, -0.2) is 4.79 Å². The molecule has 6 nitrogen and oxygen atoms in total. The summed E-state index contributed by atoms with van der Waals surface area (Å²) in [7, 11) is 1.31. The van der Waals surface area contributed by atoms with Crippen LogP contribution < -0.4 is 0 Å². The Morgan fingerprint density at radius 1 is 1.11 bits per heavy atom. The van der Waals surface area contributed by atoms with Gasteiger partial charge in [0.1, 0.15) is 0 Å². The van der Waals surface area contributed by atoms with Crippen molar-refractivity contribution in [1.82, 2.24) is 9.88 Å². The summed E-state index contributed by atoms with van der Waals surface area (Å²) in [6.45, 7) is 3.95. The van der Waals surface area contributed by atoms with Crippen molar-refractivity contribution < 1.29 is 19.1 Å². The molecular formula is C21H30N2O4. The smallest absolute Gasteiger partial charge is 0.339 e. The van der Waals surface area contributed by atoms with Crippen molar-refractivity contribution in [2.24, 2.45) is 5.92 Å². The van der Waals surface area contributed by atoms with Gasteiger partial charge in [-0.1, -0.05) is 19.3 Å². The standard InChI is InChI=1S/C21H30N2O4/c1-13-19(21(26)27-3)16(22-20(13)14(2)24)12-18(25)23-11-7-10-17(23)15-8-5-4-6-9-15/h15,17,22H,4-12H2,1-3H3. The zero-order chi connectivity index (χ0) is 19.6. The number of rotatable bonds is 5. The lowest BCUT2D eigenvalue weighted by Crippen LogP contribution is -2.41. The molecule has 1 aliphatic carbocycles. The molecule has 2 heterocycles. The van der Waals surface area contributed by atoms with Gasteiger partial charge in [-0.15, -0.1) is 0 Å². The van der Waals surface area contributed by atoms with E-state index in [-0.39, 0.29) is 18.1 Å². The Hall–Kier alpha value is -2.11. The van der Waals surface area contributed by atoms with E-state index in [0.717, 1.165) is 19.4 Å².